The largest absolute Gasteiger partial charge is 0.519 e. The highest BCUT2D eigenvalue weighted by molar-refractivity contribution is 6.64. The van der Waals surface area contributed by atoms with Gasteiger partial charge in [0.25, 0.3) is 11.1 Å². The number of carbonyl (C=O) groups is 3. The zero-order chi connectivity index (χ0) is 22.6. The van der Waals surface area contributed by atoms with E-state index in [0.29, 0.717) is 11.1 Å². The maximum Gasteiger partial charge on any atom is 0.519 e. The maximum atomic E-state index is 13.7. The molecule has 3 aromatic carbocycles. The van der Waals surface area contributed by atoms with E-state index >= 15 is 0 Å². The van der Waals surface area contributed by atoms with Crippen LogP contribution >= 0.6 is 11.6 Å². The van der Waals surface area contributed by atoms with Gasteiger partial charge in [-0.25, -0.2) is 0 Å². The number of ether oxygens (including phenoxy) is 1. The van der Waals surface area contributed by atoms with Gasteiger partial charge in [-0.05, 0) is 17.2 Å². The van der Waals surface area contributed by atoms with Crippen molar-refractivity contribution in [1.82, 2.24) is 5.32 Å². The molecule has 0 aromatic heterocycles. The average Bonchev–Trinajstić information content (AvgIpc) is 3.11. The van der Waals surface area contributed by atoms with Gasteiger partial charge in [0.15, 0.2) is 6.54 Å². The minimum Gasteiger partial charge on any atom is -0.415 e. The molecule has 0 bridgehead atoms. The van der Waals surface area contributed by atoms with E-state index in [1.165, 1.54) is 0 Å². The lowest BCUT2D eigenvalue weighted by atomic mass is 10.0. The lowest BCUT2D eigenvalue weighted by molar-refractivity contribution is -0.894. The molecular formula is C25H22ClN2O4+. The van der Waals surface area contributed by atoms with Crippen molar-refractivity contribution in [1.29, 1.82) is 0 Å². The summed E-state index contributed by atoms with van der Waals surface area (Å²) in [5.41, 5.74) is 2.06. The van der Waals surface area contributed by atoms with Crippen LogP contribution in [0.4, 0.5) is 4.79 Å². The van der Waals surface area contributed by atoms with Gasteiger partial charge in [-0.3, -0.25) is 14.9 Å². The third kappa shape index (κ3) is 4.15. The Kier molecular flexibility index (Phi) is 6.35. The van der Waals surface area contributed by atoms with E-state index < -0.39 is 34.6 Å². The second-order valence-corrected chi connectivity index (χ2v) is 8.04. The predicted octanol–water partition coefficient (Wildman–Crippen LogP) is 4.48. The van der Waals surface area contributed by atoms with Crippen LogP contribution in [0.25, 0.3) is 0 Å². The first-order chi connectivity index (χ1) is 15.5. The fourth-order valence-corrected chi connectivity index (χ4v) is 4.43. The van der Waals surface area contributed by atoms with Gasteiger partial charge in [0.2, 0.25) is 12.2 Å². The van der Waals surface area contributed by atoms with E-state index in [4.69, 9.17) is 16.3 Å². The van der Waals surface area contributed by atoms with Gasteiger partial charge in [-0.15, -0.1) is 0 Å². The summed E-state index contributed by atoms with van der Waals surface area (Å²) >= 11 is 5.86. The molecule has 1 heterocycles. The topological polar surface area (TPSA) is 72.5 Å². The van der Waals surface area contributed by atoms with Crippen molar-refractivity contribution >= 4 is 28.8 Å². The smallest absolute Gasteiger partial charge is 0.415 e. The Morgan fingerprint density at radius 1 is 0.844 bits per heavy atom. The lowest BCUT2D eigenvalue weighted by Crippen LogP contribution is -2.57. The summed E-state index contributed by atoms with van der Waals surface area (Å²) < 4.78 is 5.08. The van der Waals surface area contributed by atoms with Crippen LogP contribution in [-0.4, -0.2) is 28.3 Å². The molecule has 1 N–H and O–H groups in total. The van der Waals surface area contributed by atoms with Crippen LogP contribution in [0.2, 0.25) is 0 Å². The summed E-state index contributed by atoms with van der Waals surface area (Å²) in [5, 5.41) is 2.18. The van der Waals surface area contributed by atoms with E-state index in [2.05, 4.69) is 5.32 Å². The molecule has 0 radical (unpaired) electrons. The van der Waals surface area contributed by atoms with Crippen LogP contribution < -0.4 is 5.32 Å². The Morgan fingerprint density at radius 3 is 1.94 bits per heavy atom. The summed E-state index contributed by atoms with van der Waals surface area (Å²) in [6.07, 6.45) is -1.54. The normalized spacial score (nSPS) is 22.2. The number of quaternary nitrogens is 1. The van der Waals surface area contributed by atoms with Crippen LogP contribution in [0.1, 0.15) is 28.9 Å². The number of hydrogen-bond donors (Lipinski definition) is 1. The van der Waals surface area contributed by atoms with E-state index in [9.17, 15) is 14.4 Å². The molecular weight excluding hydrogens is 428 g/mol. The lowest BCUT2D eigenvalue weighted by Gasteiger charge is -2.37. The molecule has 6 nitrogen and oxygen atoms in total. The van der Waals surface area contributed by atoms with Crippen molar-refractivity contribution in [2.24, 2.45) is 0 Å². The number of nitrogens with zero attached hydrogens (tertiary/aromatic N) is 1. The van der Waals surface area contributed by atoms with E-state index in [0.717, 1.165) is 5.56 Å². The highest BCUT2D eigenvalue weighted by Crippen LogP contribution is 2.44. The quantitative estimate of drug-likeness (QED) is 0.445. The minimum absolute atomic E-state index is 0.00730. The molecule has 4 rings (SSSR count). The third-order valence-electron chi connectivity index (χ3n) is 5.61. The molecule has 3 atom stereocenters. The number of halogens is 1. The first-order valence-corrected chi connectivity index (χ1v) is 10.6. The van der Waals surface area contributed by atoms with Crippen molar-refractivity contribution < 1.29 is 23.6 Å². The van der Waals surface area contributed by atoms with Crippen molar-refractivity contribution in [2.75, 3.05) is 6.54 Å². The van der Waals surface area contributed by atoms with Gasteiger partial charge in [-0.2, -0.15) is 9.28 Å². The van der Waals surface area contributed by atoms with E-state index in [1.54, 1.807) is 36.4 Å². The molecule has 1 aliphatic rings. The van der Waals surface area contributed by atoms with Crippen molar-refractivity contribution in [3.8, 4) is 0 Å². The maximum absolute atomic E-state index is 13.7. The summed E-state index contributed by atoms with van der Waals surface area (Å²) in [6, 6.07) is 26.2. The van der Waals surface area contributed by atoms with Gasteiger partial charge >= 0.3 is 6.09 Å². The second-order valence-electron chi connectivity index (χ2n) is 7.62. The fraction of sp³-hybridized carbons (Fsp3) is 0.160. The van der Waals surface area contributed by atoms with Crippen LogP contribution in [0.3, 0.4) is 0 Å². The van der Waals surface area contributed by atoms with E-state index in [1.807, 2.05) is 54.6 Å². The zero-order valence-corrected chi connectivity index (χ0v) is 17.9. The molecule has 3 unspecified atom stereocenters. The summed E-state index contributed by atoms with van der Waals surface area (Å²) in [5.74, 6) is -0.375. The number of rotatable bonds is 6. The molecule has 3 aromatic rings. The monoisotopic (exact) mass is 449 g/mol. The first kappa shape index (κ1) is 21.7. The Morgan fingerprint density at radius 2 is 1.38 bits per heavy atom. The molecule has 1 saturated heterocycles. The van der Waals surface area contributed by atoms with Gasteiger partial charge < -0.3 is 4.74 Å². The molecule has 162 valence electrons. The summed E-state index contributed by atoms with van der Waals surface area (Å²) in [7, 11) is 0. The van der Waals surface area contributed by atoms with Gasteiger partial charge in [0.1, 0.15) is 6.61 Å². The number of carbonyl (C=O) groups excluding carboxylic acids is 3. The number of benzene rings is 3. The number of hydrogen-bond acceptors (Lipinski definition) is 4. The average molecular weight is 450 g/mol. The Balaban J connectivity index is 1.82. The highest BCUT2D eigenvalue weighted by atomic mass is 35.5. The standard InChI is InChI=1S/C25H21ClN2O4/c26-21(29)16-28(25(31)32-17-18-10-4-1-5-11-18)22(19-12-6-2-7-13-19)24(30)27-23(28)20-14-8-3-9-15-20/h1-15,22-23H,16-17H2/p+1. The molecule has 0 aliphatic carbocycles. The highest BCUT2D eigenvalue weighted by Gasteiger charge is 2.63. The number of nitrogens with one attached hydrogen (secondary N) is 1. The molecule has 1 aliphatic heterocycles. The fourth-order valence-electron chi connectivity index (χ4n) is 4.23. The first-order valence-electron chi connectivity index (χ1n) is 10.2. The van der Waals surface area contributed by atoms with Crippen LogP contribution in [-0.2, 0) is 20.9 Å². The van der Waals surface area contributed by atoms with Gasteiger partial charge in [-0.1, -0.05) is 91.0 Å². The molecule has 0 spiro atoms. The SMILES string of the molecule is O=C(Cl)C[N+]1(C(=O)OCc2ccccc2)C(c2ccccc2)NC(=O)C1c1ccccc1. The van der Waals surface area contributed by atoms with Gasteiger partial charge in [0, 0.05) is 11.1 Å². The van der Waals surface area contributed by atoms with Crippen molar-refractivity contribution in [3.05, 3.63) is 108 Å². The van der Waals surface area contributed by atoms with Gasteiger partial charge in [0.05, 0.1) is 0 Å². The van der Waals surface area contributed by atoms with Crippen LogP contribution in [0.5, 0.6) is 0 Å². The Hall–Kier alpha value is -3.48. The van der Waals surface area contributed by atoms with Crippen LogP contribution in [0.15, 0.2) is 91.0 Å². The third-order valence-corrected chi connectivity index (χ3v) is 5.73. The Bertz CT molecular complexity index is 1110. The van der Waals surface area contributed by atoms with E-state index in [-0.39, 0.29) is 12.5 Å². The molecule has 7 heteroatoms. The molecule has 32 heavy (non-hydrogen) atoms. The minimum atomic E-state index is -0.993. The number of amides is 2. The van der Waals surface area contributed by atoms with Crippen LogP contribution in [0, 0.1) is 0 Å². The Labute approximate surface area is 191 Å². The predicted molar refractivity (Wildman–Crippen MR) is 119 cm³/mol. The van der Waals surface area contributed by atoms with Crippen molar-refractivity contribution in [2.45, 2.75) is 18.8 Å². The zero-order valence-electron chi connectivity index (χ0n) is 17.2. The molecule has 2 amide bonds. The molecule has 0 saturated carbocycles. The summed E-state index contributed by atoms with van der Waals surface area (Å²) in [6.45, 7) is -0.402. The second kappa shape index (κ2) is 9.34. The summed E-state index contributed by atoms with van der Waals surface area (Å²) in [4.78, 5) is 39.2. The molecule has 1 fully saturated rings. The van der Waals surface area contributed by atoms with Crippen molar-refractivity contribution in [3.63, 3.8) is 0 Å².